The first-order valence-electron chi connectivity index (χ1n) is 7.75. The zero-order valence-electron chi connectivity index (χ0n) is 13.4. The number of hydrogen-bond acceptors (Lipinski definition) is 4. The van der Waals surface area contributed by atoms with E-state index in [2.05, 4.69) is 19.2 Å². The zero-order valence-corrected chi connectivity index (χ0v) is 13.4. The molecule has 2 amide bonds. The lowest BCUT2D eigenvalue weighted by Gasteiger charge is -2.33. The molecule has 1 rings (SSSR count). The van der Waals surface area contributed by atoms with Gasteiger partial charge in [-0.05, 0) is 25.2 Å². The van der Waals surface area contributed by atoms with Gasteiger partial charge in [-0.2, -0.15) is 0 Å². The van der Waals surface area contributed by atoms with E-state index in [1.165, 1.54) is 7.11 Å². The van der Waals surface area contributed by atoms with Gasteiger partial charge in [-0.3, -0.25) is 9.59 Å². The Morgan fingerprint density at radius 1 is 1.33 bits per heavy atom. The van der Waals surface area contributed by atoms with E-state index in [0.29, 0.717) is 25.6 Å². The van der Waals surface area contributed by atoms with Gasteiger partial charge in [0.2, 0.25) is 11.8 Å². The first kappa shape index (κ1) is 17.9. The van der Waals surface area contributed by atoms with Gasteiger partial charge in [0.1, 0.15) is 6.61 Å². The van der Waals surface area contributed by atoms with Crippen molar-refractivity contribution in [3.8, 4) is 0 Å². The van der Waals surface area contributed by atoms with Crippen LogP contribution in [0.3, 0.4) is 0 Å². The summed E-state index contributed by atoms with van der Waals surface area (Å²) in [5, 5.41) is 3.08. The van der Waals surface area contributed by atoms with Gasteiger partial charge in [-0.1, -0.05) is 13.8 Å². The maximum Gasteiger partial charge on any atom is 0.248 e. The highest BCUT2D eigenvalue weighted by Crippen LogP contribution is 2.14. The molecule has 6 heteroatoms. The van der Waals surface area contributed by atoms with Crippen molar-refractivity contribution in [3.05, 3.63) is 0 Å². The number of hydrogen-bond donors (Lipinski definition) is 2. The Kier molecular flexibility index (Phi) is 7.67. The van der Waals surface area contributed by atoms with Crippen molar-refractivity contribution in [2.45, 2.75) is 39.2 Å². The van der Waals surface area contributed by atoms with Crippen molar-refractivity contribution in [2.75, 3.05) is 33.4 Å². The molecular formula is C15H29N3O3. The molecule has 1 unspecified atom stereocenters. The molecule has 0 bridgehead atoms. The van der Waals surface area contributed by atoms with Crippen molar-refractivity contribution >= 4 is 11.8 Å². The van der Waals surface area contributed by atoms with E-state index in [1.54, 1.807) is 4.90 Å². The van der Waals surface area contributed by atoms with Gasteiger partial charge in [0.05, 0.1) is 5.92 Å². The summed E-state index contributed by atoms with van der Waals surface area (Å²) in [4.78, 5) is 25.7. The number of methoxy groups -OCH3 is 1. The minimum atomic E-state index is -0.113. The van der Waals surface area contributed by atoms with Crippen LogP contribution >= 0.6 is 0 Å². The topological polar surface area (TPSA) is 84.7 Å². The van der Waals surface area contributed by atoms with Crippen LogP contribution in [0.1, 0.15) is 33.1 Å². The van der Waals surface area contributed by atoms with Gasteiger partial charge in [-0.25, -0.2) is 0 Å². The van der Waals surface area contributed by atoms with Crippen molar-refractivity contribution in [1.29, 1.82) is 0 Å². The number of nitrogens with one attached hydrogen (secondary N) is 1. The fraction of sp³-hybridized carbons (Fsp3) is 0.867. The predicted octanol–water partition coefficient (Wildman–Crippen LogP) is 0.361. The Bertz CT molecular complexity index is 339. The highest BCUT2D eigenvalue weighted by Gasteiger charge is 2.26. The number of ether oxygens (including phenoxy) is 1. The van der Waals surface area contributed by atoms with E-state index in [9.17, 15) is 9.59 Å². The molecule has 6 nitrogen and oxygen atoms in total. The number of likely N-dealkylation sites (tertiary alicyclic amines) is 1. The molecule has 0 saturated carbocycles. The maximum atomic E-state index is 12.2. The standard InChI is InChI=1S/C15H29N3O3/c1-11(2)8-12(9-16)15(20)17-13-4-6-18(7-5-13)14(19)10-21-3/h11-13H,4-10,16H2,1-3H3,(H,17,20). The van der Waals surface area contributed by atoms with Crippen molar-refractivity contribution in [2.24, 2.45) is 17.6 Å². The van der Waals surface area contributed by atoms with Gasteiger partial charge >= 0.3 is 0 Å². The molecule has 21 heavy (non-hydrogen) atoms. The average Bonchev–Trinajstić information content (AvgIpc) is 2.45. The first-order chi connectivity index (χ1) is 9.97. The number of carbonyl (C=O) groups excluding carboxylic acids is 2. The Labute approximate surface area is 127 Å². The fourth-order valence-electron chi connectivity index (χ4n) is 2.69. The number of nitrogens with two attached hydrogens (primary N) is 1. The third-order valence-electron chi connectivity index (χ3n) is 3.87. The summed E-state index contributed by atoms with van der Waals surface area (Å²) < 4.78 is 4.86. The molecule has 122 valence electrons. The van der Waals surface area contributed by atoms with Crippen LogP contribution in [0.15, 0.2) is 0 Å². The van der Waals surface area contributed by atoms with E-state index in [1.807, 2.05) is 0 Å². The van der Waals surface area contributed by atoms with Gasteiger partial charge in [0.25, 0.3) is 0 Å². The molecule has 0 aromatic carbocycles. The maximum absolute atomic E-state index is 12.2. The predicted molar refractivity (Wildman–Crippen MR) is 81.6 cm³/mol. The lowest BCUT2D eigenvalue weighted by Crippen LogP contribution is -2.49. The second-order valence-electron chi connectivity index (χ2n) is 6.16. The van der Waals surface area contributed by atoms with E-state index in [4.69, 9.17) is 10.5 Å². The van der Waals surface area contributed by atoms with E-state index < -0.39 is 0 Å². The molecule has 1 atom stereocenters. The molecule has 3 N–H and O–H groups in total. The van der Waals surface area contributed by atoms with Gasteiger partial charge in [0.15, 0.2) is 0 Å². The summed E-state index contributed by atoms with van der Waals surface area (Å²) >= 11 is 0. The summed E-state index contributed by atoms with van der Waals surface area (Å²) in [5.41, 5.74) is 5.69. The third-order valence-corrected chi connectivity index (χ3v) is 3.87. The van der Waals surface area contributed by atoms with Crippen LogP contribution in [0, 0.1) is 11.8 Å². The van der Waals surface area contributed by atoms with Crippen molar-refractivity contribution < 1.29 is 14.3 Å². The summed E-state index contributed by atoms with van der Waals surface area (Å²) in [7, 11) is 1.52. The monoisotopic (exact) mass is 299 g/mol. The first-order valence-corrected chi connectivity index (χ1v) is 7.75. The molecule has 0 aromatic rings. The number of rotatable bonds is 7. The Morgan fingerprint density at radius 2 is 1.95 bits per heavy atom. The van der Waals surface area contributed by atoms with Crippen LogP contribution < -0.4 is 11.1 Å². The van der Waals surface area contributed by atoms with Crippen molar-refractivity contribution in [3.63, 3.8) is 0 Å². The lowest BCUT2D eigenvalue weighted by atomic mass is 9.95. The number of amides is 2. The molecule has 1 fully saturated rings. The third kappa shape index (κ3) is 6.01. The molecule has 0 spiro atoms. The normalized spacial score (nSPS) is 17.9. The van der Waals surface area contributed by atoms with E-state index in [0.717, 1.165) is 19.3 Å². The number of piperidine rings is 1. The van der Waals surface area contributed by atoms with Crippen LogP contribution in [0.2, 0.25) is 0 Å². The SMILES string of the molecule is COCC(=O)N1CCC(NC(=O)C(CN)CC(C)C)CC1. The van der Waals surface area contributed by atoms with Gasteiger partial charge in [-0.15, -0.1) is 0 Å². The highest BCUT2D eigenvalue weighted by atomic mass is 16.5. The van der Waals surface area contributed by atoms with E-state index in [-0.39, 0.29) is 30.4 Å². The Morgan fingerprint density at radius 3 is 2.43 bits per heavy atom. The molecule has 1 aliphatic rings. The lowest BCUT2D eigenvalue weighted by molar-refractivity contribution is -0.136. The smallest absolute Gasteiger partial charge is 0.248 e. The highest BCUT2D eigenvalue weighted by molar-refractivity contribution is 5.79. The van der Waals surface area contributed by atoms with Gasteiger partial charge < -0.3 is 20.7 Å². The summed E-state index contributed by atoms with van der Waals surface area (Å²) in [6.07, 6.45) is 2.40. The Balaban J connectivity index is 2.37. The second-order valence-corrected chi connectivity index (χ2v) is 6.16. The van der Waals surface area contributed by atoms with E-state index >= 15 is 0 Å². The van der Waals surface area contributed by atoms with Crippen LogP contribution in [0.25, 0.3) is 0 Å². The fourth-order valence-corrected chi connectivity index (χ4v) is 2.69. The molecule has 0 radical (unpaired) electrons. The van der Waals surface area contributed by atoms with Crippen LogP contribution in [-0.2, 0) is 14.3 Å². The van der Waals surface area contributed by atoms with Crippen LogP contribution in [-0.4, -0.2) is 56.1 Å². The number of carbonyl (C=O) groups is 2. The average molecular weight is 299 g/mol. The quantitative estimate of drug-likeness (QED) is 0.711. The largest absolute Gasteiger partial charge is 0.375 e. The molecule has 1 aliphatic heterocycles. The minimum Gasteiger partial charge on any atom is -0.375 e. The number of nitrogens with zero attached hydrogens (tertiary/aromatic N) is 1. The summed E-state index contributed by atoms with van der Waals surface area (Å²) in [6, 6.07) is 0.144. The van der Waals surface area contributed by atoms with Crippen molar-refractivity contribution in [1.82, 2.24) is 10.2 Å². The van der Waals surface area contributed by atoms with Crippen LogP contribution in [0.4, 0.5) is 0 Å². The van der Waals surface area contributed by atoms with Crippen LogP contribution in [0.5, 0.6) is 0 Å². The molecule has 1 heterocycles. The second kappa shape index (κ2) is 9.00. The molecule has 0 aromatic heterocycles. The Hall–Kier alpha value is -1.14. The summed E-state index contributed by atoms with van der Waals surface area (Å²) in [6.45, 7) is 6.04. The molecule has 1 saturated heterocycles. The zero-order chi connectivity index (χ0) is 15.8. The molecule has 0 aliphatic carbocycles. The molecular weight excluding hydrogens is 270 g/mol. The van der Waals surface area contributed by atoms with Gasteiger partial charge in [0, 0.05) is 32.8 Å². The minimum absolute atomic E-state index is 0.0157. The summed E-state index contributed by atoms with van der Waals surface area (Å²) in [5.74, 6) is 0.408.